The van der Waals surface area contributed by atoms with Crippen molar-refractivity contribution in [1.29, 1.82) is 0 Å². The maximum absolute atomic E-state index is 5.97. The number of methoxy groups -OCH3 is 1. The second kappa shape index (κ2) is 6.79. The second-order valence-electron chi connectivity index (χ2n) is 5.15. The van der Waals surface area contributed by atoms with Gasteiger partial charge in [0.15, 0.2) is 0 Å². The predicted octanol–water partition coefficient (Wildman–Crippen LogP) is 4.15. The molecule has 0 radical (unpaired) electrons. The Labute approximate surface area is 110 Å². The first-order valence-corrected chi connectivity index (χ1v) is 7.09. The van der Waals surface area contributed by atoms with Crippen LogP contribution in [0.5, 0.6) is 5.75 Å². The van der Waals surface area contributed by atoms with Crippen molar-refractivity contribution in [2.24, 2.45) is 0 Å². The Morgan fingerprint density at radius 2 is 2.00 bits per heavy atom. The molecule has 0 amide bonds. The van der Waals surface area contributed by atoms with Crippen LogP contribution in [-0.4, -0.2) is 19.8 Å². The summed E-state index contributed by atoms with van der Waals surface area (Å²) in [6.45, 7) is 3.11. The van der Waals surface area contributed by atoms with Gasteiger partial charge < -0.3 is 9.47 Å². The molecule has 1 heterocycles. The second-order valence-corrected chi connectivity index (χ2v) is 5.15. The van der Waals surface area contributed by atoms with Crippen LogP contribution in [0.3, 0.4) is 0 Å². The van der Waals surface area contributed by atoms with Crippen LogP contribution in [0, 0.1) is 0 Å². The summed E-state index contributed by atoms with van der Waals surface area (Å²) in [6.07, 6.45) is 6.74. The monoisotopic (exact) mass is 248 g/mol. The van der Waals surface area contributed by atoms with Crippen molar-refractivity contribution in [3.05, 3.63) is 29.8 Å². The van der Waals surface area contributed by atoms with Crippen LogP contribution in [0.4, 0.5) is 0 Å². The molecule has 0 N–H and O–H groups in total. The standard InChI is InChI=1S/C16H24O2/c1-3-4-5-16-11-8-14(12-18-16)13-6-9-15(17-2)10-7-13/h6-7,9-10,14,16H,3-5,8,11-12H2,1-2H3. The molecule has 1 aromatic rings. The summed E-state index contributed by atoms with van der Waals surface area (Å²) in [5, 5.41) is 0. The van der Waals surface area contributed by atoms with E-state index >= 15 is 0 Å². The van der Waals surface area contributed by atoms with Crippen LogP contribution < -0.4 is 4.74 Å². The van der Waals surface area contributed by atoms with E-state index in [9.17, 15) is 0 Å². The minimum absolute atomic E-state index is 0.499. The molecule has 0 bridgehead atoms. The normalized spacial score (nSPS) is 23.9. The Bertz CT molecular complexity index is 337. The lowest BCUT2D eigenvalue weighted by atomic mass is 9.90. The first-order chi connectivity index (χ1) is 8.83. The van der Waals surface area contributed by atoms with E-state index in [2.05, 4.69) is 19.1 Å². The first-order valence-electron chi connectivity index (χ1n) is 7.09. The Morgan fingerprint density at radius 1 is 1.22 bits per heavy atom. The van der Waals surface area contributed by atoms with Gasteiger partial charge in [-0.1, -0.05) is 31.9 Å². The van der Waals surface area contributed by atoms with Crippen LogP contribution in [0.25, 0.3) is 0 Å². The van der Waals surface area contributed by atoms with Gasteiger partial charge in [0.25, 0.3) is 0 Å². The van der Waals surface area contributed by atoms with Gasteiger partial charge in [-0.25, -0.2) is 0 Å². The van der Waals surface area contributed by atoms with Crippen molar-refractivity contribution >= 4 is 0 Å². The molecule has 18 heavy (non-hydrogen) atoms. The van der Waals surface area contributed by atoms with Crippen molar-refractivity contribution in [3.63, 3.8) is 0 Å². The number of hydrogen-bond acceptors (Lipinski definition) is 2. The van der Waals surface area contributed by atoms with Crippen molar-refractivity contribution in [2.45, 2.75) is 51.0 Å². The predicted molar refractivity (Wildman–Crippen MR) is 74.2 cm³/mol. The number of hydrogen-bond donors (Lipinski definition) is 0. The van der Waals surface area contributed by atoms with E-state index in [1.165, 1.54) is 37.7 Å². The molecule has 2 atom stereocenters. The lowest BCUT2D eigenvalue weighted by Gasteiger charge is -2.29. The smallest absolute Gasteiger partial charge is 0.118 e. The van der Waals surface area contributed by atoms with Crippen molar-refractivity contribution in [2.75, 3.05) is 13.7 Å². The average Bonchev–Trinajstić information content (AvgIpc) is 2.46. The molecule has 100 valence electrons. The zero-order valence-electron chi connectivity index (χ0n) is 11.5. The van der Waals surface area contributed by atoms with Gasteiger partial charge >= 0.3 is 0 Å². The third kappa shape index (κ3) is 3.49. The van der Waals surface area contributed by atoms with Crippen molar-refractivity contribution in [3.8, 4) is 5.75 Å². The highest BCUT2D eigenvalue weighted by molar-refractivity contribution is 5.29. The summed E-state index contributed by atoms with van der Waals surface area (Å²) in [4.78, 5) is 0. The Hall–Kier alpha value is -1.02. The lowest BCUT2D eigenvalue weighted by Crippen LogP contribution is -2.24. The minimum atomic E-state index is 0.499. The fourth-order valence-electron chi connectivity index (χ4n) is 2.60. The molecule has 1 aromatic carbocycles. The summed E-state index contributed by atoms with van der Waals surface area (Å²) in [5.41, 5.74) is 1.38. The van der Waals surface area contributed by atoms with E-state index in [-0.39, 0.29) is 0 Å². The molecule has 1 aliphatic heterocycles. The van der Waals surface area contributed by atoms with E-state index in [1.807, 2.05) is 12.1 Å². The fourth-order valence-corrected chi connectivity index (χ4v) is 2.60. The van der Waals surface area contributed by atoms with Gasteiger partial charge in [0, 0.05) is 5.92 Å². The molecule has 2 unspecified atom stereocenters. The van der Waals surface area contributed by atoms with Crippen LogP contribution in [-0.2, 0) is 4.74 Å². The average molecular weight is 248 g/mol. The highest BCUT2D eigenvalue weighted by atomic mass is 16.5. The first kappa shape index (κ1) is 13.4. The van der Waals surface area contributed by atoms with E-state index < -0.39 is 0 Å². The third-order valence-corrected chi connectivity index (χ3v) is 3.84. The molecule has 1 aliphatic rings. The summed E-state index contributed by atoms with van der Waals surface area (Å²) in [6, 6.07) is 8.41. The maximum Gasteiger partial charge on any atom is 0.118 e. The summed E-state index contributed by atoms with van der Waals surface area (Å²) < 4.78 is 11.2. The van der Waals surface area contributed by atoms with E-state index in [0.29, 0.717) is 12.0 Å². The van der Waals surface area contributed by atoms with Gasteiger partial charge in [-0.15, -0.1) is 0 Å². The van der Waals surface area contributed by atoms with Crippen molar-refractivity contribution < 1.29 is 9.47 Å². The Kier molecular flexibility index (Phi) is 5.06. The zero-order chi connectivity index (χ0) is 12.8. The molecule has 0 aromatic heterocycles. The summed E-state index contributed by atoms with van der Waals surface area (Å²) in [7, 11) is 1.71. The molecule has 0 saturated carbocycles. The summed E-state index contributed by atoms with van der Waals surface area (Å²) >= 11 is 0. The number of unbranched alkanes of at least 4 members (excludes halogenated alkanes) is 1. The fraction of sp³-hybridized carbons (Fsp3) is 0.625. The van der Waals surface area contributed by atoms with E-state index in [4.69, 9.17) is 9.47 Å². The van der Waals surface area contributed by atoms with E-state index in [0.717, 1.165) is 12.4 Å². The molecular weight excluding hydrogens is 224 g/mol. The quantitative estimate of drug-likeness (QED) is 0.779. The lowest BCUT2D eigenvalue weighted by molar-refractivity contribution is -0.00189. The zero-order valence-corrected chi connectivity index (χ0v) is 11.5. The van der Waals surface area contributed by atoms with Gasteiger partial charge in [0.05, 0.1) is 19.8 Å². The molecule has 1 saturated heterocycles. The third-order valence-electron chi connectivity index (χ3n) is 3.84. The number of benzene rings is 1. The SMILES string of the molecule is CCCCC1CCC(c2ccc(OC)cc2)CO1. The number of ether oxygens (including phenoxy) is 2. The van der Waals surface area contributed by atoms with Crippen LogP contribution in [0.1, 0.15) is 50.5 Å². The molecule has 2 rings (SSSR count). The highest BCUT2D eigenvalue weighted by Gasteiger charge is 2.22. The van der Waals surface area contributed by atoms with Crippen LogP contribution in [0.2, 0.25) is 0 Å². The van der Waals surface area contributed by atoms with Crippen LogP contribution in [0.15, 0.2) is 24.3 Å². The van der Waals surface area contributed by atoms with Gasteiger partial charge in [-0.05, 0) is 37.0 Å². The van der Waals surface area contributed by atoms with Crippen molar-refractivity contribution in [1.82, 2.24) is 0 Å². The highest BCUT2D eigenvalue weighted by Crippen LogP contribution is 2.30. The molecule has 1 fully saturated rings. The maximum atomic E-state index is 5.97. The topological polar surface area (TPSA) is 18.5 Å². The largest absolute Gasteiger partial charge is 0.497 e. The molecule has 0 aliphatic carbocycles. The van der Waals surface area contributed by atoms with Gasteiger partial charge in [-0.3, -0.25) is 0 Å². The molecular formula is C16H24O2. The summed E-state index contributed by atoms with van der Waals surface area (Å²) in [5.74, 6) is 1.49. The van der Waals surface area contributed by atoms with Gasteiger partial charge in [-0.2, -0.15) is 0 Å². The molecule has 0 spiro atoms. The van der Waals surface area contributed by atoms with Gasteiger partial charge in [0.1, 0.15) is 5.75 Å². The Morgan fingerprint density at radius 3 is 2.56 bits per heavy atom. The number of rotatable bonds is 5. The molecule has 2 nitrogen and oxygen atoms in total. The van der Waals surface area contributed by atoms with Gasteiger partial charge in [0.2, 0.25) is 0 Å². The Balaban J connectivity index is 1.84. The molecule has 2 heteroatoms. The van der Waals surface area contributed by atoms with E-state index in [1.54, 1.807) is 7.11 Å². The van der Waals surface area contributed by atoms with Crippen LogP contribution >= 0.6 is 0 Å². The minimum Gasteiger partial charge on any atom is -0.497 e.